The van der Waals surface area contributed by atoms with Gasteiger partial charge in [-0.05, 0) is 54.3 Å². The molecule has 0 spiro atoms. The van der Waals surface area contributed by atoms with Gasteiger partial charge in [-0.15, -0.1) is 0 Å². The molecular weight excluding hydrogens is 612 g/mol. The summed E-state index contributed by atoms with van der Waals surface area (Å²) in [5.74, 6) is -11.5. The molecule has 234 valence electrons. The fourth-order valence-electron chi connectivity index (χ4n) is 6.29. The molecule has 3 atom stereocenters. The fourth-order valence-corrected chi connectivity index (χ4v) is 6.29. The number of primary amides is 1. The van der Waals surface area contributed by atoms with Crippen molar-refractivity contribution < 1.29 is 44.7 Å². The van der Waals surface area contributed by atoms with Crippen molar-refractivity contribution in [3.63, 3.8) is 0 Å². The predicted molar refractivity (Wildman–Crippen MR) is 143 cm³/mol. The molecule has 1 fully saturated rings. The number of ketones is 1. The minimum Gasteiger partial charge on any atom is -0.366 e. The number of carbonyl (C=O) groups is 2. The number of rotatable bonds is 9. The van der Waals surface area contributed by atoms with E-state index in [2.05, 4.69) is 10.1 Å². The molecule has 1 saturated carbocycles. The average molecular weight is 635 g/mol. The van der Waals surface area contributed by atoms with Crippen LogP contribution in [0.4, 0.5) is 35.1 Å². The summed E-state index contributed by atoms with van der Waals surface area (Å²) in [6.45, 7) is -0.679. The molecule has 6 rings (SSSR count). The van der Waals surface area contributed by atoms with Crippen LogP contribution in [0.25, 0.3) is 11.1 Å². The molecule has 4 aromatic rings. The van der Waals surface area contributed by atoms with Gasteiger partial charge in [0.05, 0.1) is 23.7 Å². The molecule has 2 aliphatic rings. The van der Waals surface area contributed by atoms with Crippen molar-refractivity contribution in [2.45, 2.75) is 49.7 Å². The molecule has 6 nitrogen and oxygen atoms in total. The Morgan fingerprint density at radius 2 is 1.76 bits per heavy atom. The van der Waals surface area contributed by atoms with Gasteiger partial charge in [-0.25, -0.2) is 22.0 Å². The van der Waals surface area contributed by atoms with Crippen LogP contribution in [-0.4, -0.2) is 32.4 Å². The van der Waals surface area contributed by atoms with E-state index >= 15 is 0 Å². The molecule has 2 aromatic carbocycles. The minimum atomic E-state index is -5.02. The number of nitrogens with two attached hydrogens (primary N) is 1. The van der Waals surface area contributed by atoms with Gasteiger partial charge in [0, 0.05) is 47.3 Å². The number of aromatic nitrogens is 3. The number of Topliss-reactive ketones (excluding diaryl/α,β-unsaturated/α-hetero) is 1. The number of nitrogens with zero attached hydrogens (tertiary/aromatic N) is 3. The van der Waals surface area contributed by atoms with Gasteiger partial charge in [-0.1, -0.05) is 12.1 Å². The third-order valence-electron chi connectivity index (χ3n) is 8.27. The maximum Gasteiger partial charge on any atom is 0.435 e. The van der Waals surface area contributed by atoms with Crippen molar-refractivity contribution in [3.05, 3.63) is 106 Å². The lowest BCUT2D eigenvalue weighted by Crippen LogP contribution is -2.20. The highest BCUT2D eigenvalue weighted by Gasteiger charge is 2.74. The van der Waals surface area contributed by atoms with Gasteiger partial charge in [0.25, 0.3) is 11.8 Å². The second-order valence-electron chi connectivity index (χ2n) is 11.2. The Bertz CT molecular complexity index is 1830. The van der Waals surface area contributed by atoms with Crippen LogP contribution >= 0.6 is 0 Å². The molecule has 0 radical (unpaired) electrons. The highest BCUT2D eigenvalue weighted by molar-refractivity contribution is 5.94. The summed E-state index contributed by atoms with van der Waals surface area (Å²) in [7, 11) is 0. The molecular formula is C31H22F8N4O2. The second-order valence-corrected chi connectivity index (χ2v) is 11.2. The molecule has 14 heteroatoms. The van der Waals surface area contributed by atoms with Gasteiger partial charge >= 0.3 is 6.18 Å². The molecule has 0 aliphatic heterocycles. The summed E-state index contributed by atoms with van der Waals surface area (Å²) in [6.07, 6.45) is -4.58. The Hall–Kier alpha value is -4.62. The Morgan fingerprint density at radius 1 is 1.04 bits per heavy atom. The third kappa shape index (κ3) is 5.57. The highest BCUT2D eigenvalue weighted by Crippen LogP contribution is 2.68. The highest BCUT2D eigenvalue weighted by atomic mass is 19.4. The summed E-state index contributed by atoms with van der Waals surface area (Å²) >= 11 is 0. The number of hydrogen-bond acceptors (Lipinski definition) is 4. The van der Waals surface area contributed by atoms with E-state index < -0.39 is 88.8 Å². The van der Waals surface area contributed by atoms with Crippen LogP contribution in [-0.2, 0) is 30.4 Å². The molecule has 1 amide bonds. The van der Waals surface area contributed by atoms with Crippen molar-refractivity contribution in [2.24, 2.45) is 11.7 Å². The van der Waals surface area contributed by atoms with Gasteiger partial charge in [0.1, 0.15) is 17.5 Å². The normalized spacial score (nSPS) is 18.8. The van der Waals surface area contributed by atoms with Gasteiger partial charge in [-0.3, -0.25) is 19.3 Å². The number of halogens is 8. The zero-order valence-corrected chi connectivity index (χ0v) is 23.0. The van der Waals surface area contributed by atoms with Crippen molar-refractivity contribution in [1.29, 1.82) is 0 Å². The maximum absolute atomic E-state index is 14.2. The largest absolute Gasteiger partial charge is 0.435 e. The Labute approximate surface area is 249 Å². The molecule has 2 aliphatic carbocycles. The van der Waals surface area contributed by atoms with Crippen LogP contribution in [0.3, 0.4) is 0 Å². The van der Waals surface area contributed by atoms with Crippen LogP contribution in [0.15, 0.2) is 54.7 Å². The SMILES string of the molecule is NC(=O)c1cc(-c2cccnc2[C@@H](CC(=O)Cn2nc(C(F)(F)F)c3c2CC2C3C2(F)F)Cc2cc(F)cc(F)c2)ccc1F. The summed E-state index contributed by atoms with van der Waals surface area (Å²) in [5, 5.41) is 3.52. The summed E-state index contributed by atoms with van der Waals surface area (Å²) in [6, 6.07) is 9.39. The second kappa shape index (κ2) is 10.8. The van der Waals surface area contributed by atoms with Crippen molar-refractivity contribution in [1.82, 2.24) is 14.8 Å². The van der Waals surface area contributed by atoms with E-state index in [1.807, 2.05) is 0 Å². The molecule has 45 heavy (non-hydrogen) atoms. The Morgan fingerprint density at radius 3 is 2.42 bits per heavy atom. The van der Waals surface area contributed by atoms with Crippen LogP contribution < -0.4 is 5.73 Å². The van der Waals surface area contributed by atoms with E-state index in [0.717, 1.165) is 22.9 Å². The van der Waals surface area contributed by atoms with Crippen LogP contribution in [0, 0.1) is 23.4 Å². The summed E-state index contributed by atoms with van der Waals surface area (Å²) in [5.41, 5.74) is 3.72. The first kappa shape index (κ1) is 30.4. The number of carbonyl (C=O) groups excluding carboxylic acids is 2. The molecule has 0 bridgehead atoms. The number of alkyl halides is 5. The lowest BCUT2D eigenvalue weighted by molar-refractivity contribution is -0.142. The number of fused-ring (bicyclic) bond motifs is 3. The van der Waals surface area contributed by atoms with Crippen molar-refractivity contribution in [2.75, 3.05) is 0 Å². The molecule has 2 heterocycles. The number of amides is 1. The van der Waals surface area contributed by atoms with Crippen molar-refractivity contribution in [3.8, 4) is 11.1 Å². The van der Waals surface area contributed by atoms with Crippen LogP contribution in [0.1, 0.15) is 56.8 Å². The van der Waals surface area contributed by atoms with E-state index in [1.54, 1.807) is 6.07 Å². The van der Waals surface area contributed by atoms with Gasteiger partial charge in [0.2, 0.25) is 0 Å². The van der Waals surface area contributed by atoms with Gasteiger partial charge in [-0.2, -0.15) is 18.3 Å². The Balaban J connectivity index is 1.36. The van der Waals surface area contributed by atoms with Crippen LogP contribution in [0.2, 0.25) is 0 Å². The third-order valence-corrected chi connectivity index (χ3v) is 8.27. The smallest absolute Gasteiger partial charge is 0.366 e. The first-order valence-electron chi connectivity index (χ1n) is 13.7. The van der Waals surface area contributed by atoms with Crippen molar-refractivity contribution >= 4 is 11.7 Å². The minimum absolute atomic E-state index is 0.0795. The number of benzene rings is 2. The van der Waals surface area contributed by atoms with E-state index in [9.17, 15) is 44.7 Å². The average Bonchev–Trinajstić information content (AvgIpc) is 3.23. The van der Waals surface area contributed by atoms with Gasteiger partial charge < -0.3 is 5.73 Å². The van der Waals surface area contributed by atoms with Gasteiger partial charge in [0.15, 0.2) is 11.5 Å². The summed E-state index contributed by atoms with van der Waals surface area (Å²) < 4.78 is 113. The predicted octanol–water partition coefficient (Wildman–Crippen LogP) is 6.37. The fraction of sp³-hybridized carbons (Fsp3) is 0.290. The lowest BCUT2D eigenvalue weighted by Gasteiger charge is -2.20. The van der Waals surface area contributed by atoms with E-state index in [4.69, 9.17) is 5.73 Å². The molecule has 0 saturated heterocycles. The monoisotopic (exact) mass is 634 g/mol. The van der Waals surface area contributed by atoms with E-state index in [0.29, 0.717) is 11.6 Å². The molecule has 2 unspecified atom stereocenters. The quantitative estimate of drug-likeness (QED) is 0.217. The first-order chi connectivity index (χ1) is 21.1. The Kier molecular flexibility index (Phi) is 7.28. The first-order valence-corrected chi connectivity index (χ1v) is 13.7. The zero-order chi connectivity index (χ0) is 32.4. The standard InChI is InChI=1S/C31H22F8N4O2/c32-17-7-14(8-18(33)11-17)6-16(27-20(2-1-5-41-27)15-3-4-23(34)21(10-15)29(40)45)9-19(44)13-43-24-12-22-26(30(22,35)36)25(24)28(42-43)31(37,38)39/h1-5,7-8,10-11,16,22,26H,6,9,12-13H2,(H2,40,45)/t16-,22?,26?/m1/s1. The number of pyridine rings is 1. The molecule has 2 aromatic heterocycles. The van der Waals surface area contributed by atoms with E-state index in [-0.39, 0.29) is 35.4 Å². The zero-order valence-electron chi connectivity index (χ0n) is 23.0. The summed E-state index contributed by atoms with van der Waals surface area (Å²) in [4.78, 5) is 29.6. The lowest BCUT2D eigenvalue weighted by atomic mass is 9.86. The molecule has 2 N–H and O–H groups in total. The number of hydrogen-bond donors (Lipinski definition) is 1. The van der Waals surface area contributed by atoms with E-state index in [1.165, 1.54) is 24.4 Å². The van der Waals surface area contributed by atoms with Crippen LogP contribution in [0.5, 0.6) is 0 Å². The maximum atomic E-state index is 14.2. The topological polar surface area (TPSA) is 90.9 Å².